The van der Waals surface area contributed by atoms with E-state index in [0.717, 1.165) is 24.8 Å². The molecule has 1 aromatic rings. The summed E-state index contributed by atoms with van der Waals surface area (Å²) in [4.78, 5) is 25.2. The van der Waals surface area contributed by atoms with Crippen LogP contribution in [0.1, 0.15) is 41.1 Å². The van der Waals surface area contributed by atoms with Crippen LogP contribution in [-0.2, 0) is 27.1 Å². The van der Waals surface area contributed by atoms with Gasteiger partial charge in [0.25, 0.3) is 5.91 Å². The van der Waals surface area contributed by atoms with Crippen molar-refractivity contribution in [1.29, 1.82) is 0 Å². The molecule has 6 heteroatoms. The molecule has 0 radical (unpaired) electrons. The minimum Gasteiger partial charge on any atom is -0.462 e. The third kappa shape index (κ3) is 2.86. The summed E-state index contributed by atoms with van der Waals surface area (Å²) >= 11 is 1.47. The van der Waals surface area contributed by atoms with Crippen molar-refractivity contribution in [2.75, 3.05) is 19.0 Å². The molecule has 1 aliphatic rings. The van der Waals surface area contributed by atoms with Gasteiger partial charge < -0.3 is 14.8 Å². The molecular weight excluding hydrogens is 278 g/mol. The normalized spacial score (nSPS) is 14.8. The highest BCUT2D eigenvalue weighted by atomic mass is 32.1. The molecule has 110 valence electrons. The summed E-state index contributed by atoms with van der Waals surface area (Å²) in [5.41, 5.74) is 1.56. The molecule has 1 heterocycles. The molecule has 1 aromatic heterocycles. The number of ether oxygens (including phenoxy) is 2. The zero-order valence-electron chi connectivity index (χ0n) is 11.9. The highest BCUT2D eigenvalue weighted by molar-refractivity contribution is 7.17. The van der Waals surface area contributed by atoms with Crippen LogP contribution in [0.25, 0.3) is 0 Å². The van der Waals surface area contributed by atoms with E-state index in [1.54, 1.807) is 13.8 Å². The number of hydrogen-bond acceptors (Lipinski definition) is 5. The lowest BCUT2D eigenvalue weighted by Crippen LogP contribution is -2.27. The summed E-state index contributed by atoms with van der Waals surface area (Å²) in [7, 11) is 1.48. The minimum atomic E-state index is -0.554. The lowest BCUT2D eigenvalue weighted by molar-refractivity contribution is -0.124. The predicted octanol–water partition coefficient (Wildman–Crippen LogP) is 2.39. The van der Waals surface area contributed by atoms with Crippen LogP contribution in [0.15, 0.2) is 0 Å². The second kappa shape index (κ2) is 6.37. The Hall–Kier alpha value is -1.40. The van der Waals surface area contributed by atoms with Crippen LogP contribution in [0.3, 0.4) is 0 Å². The summed E-state index contributed by atoms with van der Waals surface area (Å²) in [6.07, 6.45) is 2.33. The van der Waals surface area contributed by atoms with Crippen molar-refractivity contribution in [2.45, 2.75) is 39.2 Å². The van der Waals surface area contributed by atoms with Crippen LogP contribution in [-0.4, -0.2) is 31.7 Å². The smallest absolute Gasteiger partial charge is 0.341 e. The van der Waals surface area contributed by atoms with E-state index in [4.69, 9.17) is 9.47 Å². The SMILES string of the molecule is CCOC(=O)c1c(NC(=O)C(C)OC)sc2c1CCC2. The van der Waals surface area contributed by atoms with E-state index in [9.17, 15) is 9.59 Å². The van der Waals surface area contributed by atoms with Crippen molar-refractivity contribution >= 4 is 28.2 Å². The fourth-order valence-corrected chi connectivity index (χ4v) is 3.51. The van der Waals surface area contributed by atoms with E-state index in [2.05, 4.69) is 5.32 Å². The third-order valence-electron chi connectivity index (χ3n) is 3.36. The molecule has 0 spiro atoms. The van der Waals surface area contributed by atoms with Crippen LogP contribution < -0.4 is 5.32 Å². The summed E-state index contributed by atoms with van der Waals surface area (Å²) in [6.45, 7) is 3.77. The molecule has 2 rings (SSSR count). The van der Waals surface area contributed by atoms with Gasteiger partial charge in [0.05, 0.1) is 12.2 Å². The van der Waals surface area contributed by atoms with E-state index >= 15 is 0 Å². The first-order valence-electron chi connectivity index (χ1n) is 6.73. The van der Waals surface area contributed by atoms with E-state index < -0.39 is 6.10 Å². The first-order valence-corrected chi connectivity index (χ1v) is 7.55. The number of nitrogens with one attached hydrogen (secondary N) is 1. The van der Waals surface area contributed by atoms with Crippen LogP contribution in [0.4, 0.5) is 5.00 Å². The highest BCUT2D eigenvalue weighted by Crippen LogP contribution is 2.39. The zero-order valence-corrected chi connectivity index (χ0v) is 12.8. The van der Waals surface area contributed by atoms with E-state index in [1.165, 1.54) is 23.3 Å². The van der Waals surface area contributed by atoms with Crippen molar-refractivity contribution in [2.24, 2.45) is 0 Å². The van der Waals surface area contributed by atoms with Gasteiger partial charge in [-0.05, 0) is 38.7 Å². The number of fused-ring (bicyclic) bond motifs is 1. The molecule has 1 aliphatic carbocycles. The second-order valence-corrected chi connectivity index (χ2v) is 5.75. The maximum Gasteiger partial charge on any atom is 0.341 e. The fourth-order valence-electron chi connectivity index (χ4n) is 2.23. The van der Waals surface area contributed by atoms with Crippen LogP contribution in [0.2, 0.25) is 0 Å². The molecule has 1 N–H and O–H groups in total. The Bertz CT molecular complexity index is 523. The molecule has 0 aliphatic heterocycles. The number of carbonyl (C=O) groups is 2. The van der Waals surface area contributed by atoms with Crippen molar-refractivity contribution in [1.82, 2.24) is 0 Å². The first-order chi connectivity index (χ1) is 9.58. The number of hydrogen-bond donors (Lipinski definition) is 1. The summed E-state index contributed by atoms with van der Waals surface area (Å²) < 4.78 is 10.1. The molecule has 0 fully saturated rings. The maximum atomic E-state index is 12.1. The number of methoxy groups -OCH3 is 1. The summed E-state index contributed by atoms with van der Waals surface area (Å²) in [5, 5.41) is 3.37. The van der Waals surface area contributed by atoms with Crippen molar-refractivity contribution in [3.05, 3.63) is 16.0 Å². The summed E-state index contributed by atoms with van der Waals surface area (Å²) in [6, 6.07) is 0. The van der Waals surface area contributed by atoms with E-state index in [-0.39, 0.29) is 11.9 Å². The number of anilines is 1. The molecule has 0 saturated heterocycles. The Morgan fingerprint density at radius 1 is 1.40 bits per heavy atom. The Morgan fingerprint density at radius 2 is 2.15 bits per heavy atom. The predicted molar refractivity (Wildman–Crippen MR) is 77.4 cm³/mol. The molecule has 1 amide bonds. The number of esters is 1. The molecule has 1 atom stereocenters. The molecule has 20 heavy (non-hydrogen) atoms. The molecule has 1 unspecified atom stereocenters. The Kier molecular flexibility index (Phi) is 4.77. The van der Waals surface area contributed by atoms with Crippen molar-refractivity contribution in [3.63, 3.8) is 0 Å². The Labute approximate surface area is 122 Å². The van der Waals surface area contributed by atoms with Crippen molar-refractivity contribution < 1.29 is 19.1 Å². The number of carbonyl (C=O) groups excluding carboxylic acids is 2. The first kappa shape index (κ1) is 15.0. The molecule has 0 saturated carbocycles. The van der Waals surface area contributed by atoms with Gasteiger partial charge in [0.1, 0.15) is 11.1 Å². The number of rotatable bonds is 5. The molecule has 0 aromatic carbocycles. The monoisotopic (exact) mass is 297 g/mol. The summed E-state index contributed by atoms with van der Waals surface area (Å²) in [5.74, 6) is -0.606. The average molecular weight is 297 g/mol. The van der Waals surface area contributed by atoms with Gasteiger partial charge in [0, 0.05) is 12.0 Å². The van der Waals surface area contributed by atoms with Crippen LogP contribution in [0.5, 0.6) is 0 Å². The van der Waals surface area contributed by atoms with Gasteiger partial charge in [-0.15, -0.1) is 11.3 Å². The standard InChI is InChI=1S/C14H19NO4S/c1-4-19-14(17)11-9-6-5-7-10(9)20-13(11)15-12(16)8(2)18-3/h8H,4-7H2,1-3H3,(H,15,16). The van der Waals surface area contributed by atoms with Gasteiger partial charge in [-0.2, -0.15) is 0 Å². The van der Waals surface area contributed by atoms with Gasteiger partial charge in [-0.1, -0.05) is 0 Å². The quantitative estimate of drug-likeness (QED) is 0.848. The molecule has 0 bridgehead atoms. The second-order valence-electron chi connectivity index (χ2n) is 4.65. The topological polar surface area (TPSA) is 64.6 Å². The lowest BCUT2D eigenvalue weighted by atomic mass is 10.1. The van der Waals surface area contributed by atoms with Crippen molar-refractivity contribution in [3.8, 4) is 0 Å². The van der Waals surface area contributed by atoms with E-state index in [0.29, 0.717) is 17.2 Å². The number of thiophene rings is 1. The Balaban J connectivity index is 2.29. The van der Waals surface area contributed by atoms with Gasteiger partial charge in [0.15, 0.2) is 0 Å². The average Bonchev–Trinajstić information content (AvgIpc) is 2.97. The third-order valence-corrected chi connectivity index (χ3v) is 4.57. The lowest BCUT2D eigenvalue weighted by Gasteiger charge is -2.11. The fraction of sp³-hybridized carbons (Fsp3) is 0.571. The van der Waals surface area contributed by atoms with E-state index in [1.807, 2.05) is 0 Å². The molecule has 5 nitrogen and oxygen atoms in total. The number of aryl methyl sites for hydroxylation is 1. The van der Waals surface area contributed by atoms with Gasteiger partial charge in [0.2, 0.25) is 0 Å². The number of amides is 1. The highest BCUT2D eigenvalue weighted by Gasteiger charge is 2.28. The largest absolute Gasteiger partial charge is 0.462 e. The van der Waals surface area contributed by atoms with Gasteiger partial charge in [-0.25, -0.2) is 4.79 Å². The minimum absolute atomic E-state index is 0.252. The van der Waals surface area contributed by atoms with Gasteiger partial charge >= 0.3 is 5.97 Å². The van der Waals surface area contributed by atoms with Gasteiger partial charge in [-0.3, -0.25) is 4.79 Å². The van der Waals surface area contributed by atoms with Crippen LogP contribution >= 0.6 is 11.3 Å². The maximum absolute atomic E-state index is 12.1. The Morgan fingerprint density at radius 3 is 2.80 bits per heavy atom. The molecular formula is C14H19NO4S. The zero-order chi connectivity index (χ0) is 14.7. The van der Waals surface area contributed by atoms with Crippen LogP contribution in [0, 0.1) is 0 Å².